The Bertz CT molecular complexity index is 1070. The predicted octanol–water partition coefficient (Wildman–Crippen LogP) is 4.24. The standard InChI is InChI=1S/C29H35N3O3/c1-3-4-19-32-27(33)29(30-28(32)34,18-8-11-23-9-6-5-7-10-23)25-16-20-31(21-17-25)22-24-12-14-26(35-2)15-13-24/h5-7,9-10,12-15,25H,8,11,16-22H2,1-2H3,(H,30,34). The maximum Gasteiger partial charge on any atom is 0.325 e. The Kier molecular flexibility index (Phi) is 8.09. The van der Waals surface area contributed by atoms with Crippen molar-refractivity contribution in [3.63, 3.8) is 0 Å². The molecule has 2 aromatic carbocycles. The number of likely N-dealkylation sites (tertiary alicyclic amines) is 1. The van der Waals surface area contributed by atoms with E-state index in [9.17, 15) is 9.59 Å². The summed E-state index contributed by atoms with van der Waals surface area (Å²) in [5.74, 6) is 6.56. The third-order valence-electron chi connectivity index (χ3n) is 7.35. The summed E-state index contributed by atoms with van der Waals surface area (Å²) >= 11 is 0. The van der Waals surface area contributed by atoms with E-state index in [0.717, 1.165) is 51.1 Å². The number of piperidine rings is 1. The van der Waals surface area contributed by atoms with Gasteiger partial charge in [0.2, 0.25) is 0 Å². The van der Waals surface area contributed by atoms with E-state index in [2.05, 4.69) is 46.3 Å². The van der Waals surface area contributed by atoms with Crippen LogP contribution in [-0.4, -0.2) is 54.0 Å². The molecule has 6 nitrogen and oxygen atoms in total. The Morgan fingerprint density at radius 2 is 1.74 bits per heavy atom. The van der Waals surface area contributed by atoms with E-state index in [4.69, 9.17) is 4.74 Å². The van der Waals surface area contributed by atoms with Gasteiger partial charge in [-0.1, -0.05) is 48.4 Å². The number of nitrogens with zero attached hydrogens (tertiary/aromatic N) is 2. The van der Waals surface area contributed by atoms with Gasteiger partial charge in [-0.3, -0.25) is 14.6 Å². The molecule has 2 heterocycles. The zero-order chi connectivity index (χ0) is 24.7. The fourth-order valence-electron chi connectivity index (χ4n) is 5.39. The van der Waals surface area contributed by atoms with Crippen molar-refractivity contribution in [1.29, 1.82) is 0 Å². The van der Waals surface area contributed by atoms with Crippen LogP contribution in [0.15, 0.2) is 54.6 Å². The average Bonchev–Trinajstić information content (AvgIpc) is 3.13. The molecule has 0 bridgehead atoms. The number of urea groups is 1. The van der Waals surface area contributed by atoms with Crippen LogP contribution in [0.5, 0.6) is 5.75 Å². The Balaban J connectivity index is 1.44. The van der Waals surface area contributed by atoms with Crippen molar-refractivity contribution < 1.29 is 14.3 Å². The second kappa shape index (κ2) is 11.4. The molecule has 0 saturated carbocycles. The van der Waals surface area contributed by atoms with Crippen molar-refractivity contribution in [2.45, 2.75) is 51.1 Å². The van der Waals surface area contributed by atoms with Gasteiger partial charge in [0.15, 0.2) is 0 Å². The number of imide groups is 1. The van der Waals surface area contributed by atoms with Crippen LogP contribution in [0.4, 0.5) is 4.79 Å². The van der Waals surface area contributed by atoms with Gasteiger partial charge in [-0.05, 0) is 81.3 Å². The van der Waals surface area contributed by atoms with Gasteiger partial charge in [0.25, 0.3) is 5.91 Å². The van der Waals surface area contributed by atoms with Gasteiger partial charge in [0.1, 0.15) is 11.3 Å². The van der Waals surface area contributed by atoms with Gasteiger partial charge < -0.3 is 10.1 Å². The molecule has 2 aliphatic rings. The Hall–Kier alpha value is -3.30. The molecule has 2 saturated heterocycles. The largest absolute Gasteiger partial charge is 0.497 e. The summed E-state index contributed by atoms with van der Waals surface area (Å²) in [6.07, 6.45) is 4.12. The number of aryl methyl sites for hydroxylation is 1. The second-order valence-electron chi connectivity index (χ2n) is 9.46. The van der Waals surface area contributed by atoms with Gasteiger partial charge in [0.05, 0.1) is 13.7 Å². The molecule has 0 aliphatic carbocycles. The molecule has 2 aromatic rings. The van der Waals surface area contributed by atoms with E-state index >= 15 is 0 Å². The molecule has 184 valence electrons. The summed E-state index contributed by atoms with van der Waals surface area (Å²) in [7, 11) is 1.68. The average molecular weight is 474 g/mol. The normalized spacial score (nSPS) is 20.9. The van der Waals surface area contributed by atoms with Crippen LogP contribution in [0.2, 0.25) is 0 Å². The van der Waals surface area contributed by atoms with Crippen LogP contribution in [-0.2, 0) is 17.8 Å². The quantitative estimate of drug-likeness (QED) is 0.437. The SMILES string of the molecule is CC#CCN1C(=O)NC(CCCc2ccccc2)(C2CCN(Cc3ccc(OC)cc3)CC2)C1=O. The van der Waals surface area contributed by atoms with Crippen LogP contribution in [0.1, 0.15) is 43.7 Å². The van der Waals surface area contributed by atoms with Crippen molar-refractivity contribution in [3.05, 3.63) is 65.7 Å². The number of rotatable bonds is 9. The lowest BCUT2D eigenvalue weighted by atomic mass is 9.74. The number of nitrogens with one attached hydrogen (secondary N) is 1. The highest BCUT2D eigenvalue weighted by Crippen LogP contribution is 2.37. The monoisotopic (exact) mass is 473 g/mol. The van der Waals surface area contributed by atoms with Crippen LogP contribution >= 0.6 is 0 Å². The first-order valence-electron chi connectivity index (χ1n) is 12.5. The highest BCUT2D eigenvalue weighted by molar-refractivity contribution is 6.07. The van der Waals surface area contributed by atoms with Gasteiger partial charge in [-0.15, -0.1) is 5.92 Å². The molecule has 2 aliphatic heterocycles. The van der Waals surface area contributed by atoms with Crippen molar-refractivity contribution in [3.8, 4) is 17.6 Å². The maximum absolute atomic E-state index is 13.7. The molecular weight excluding hydrogens is 438 g/mol. The summed E-state index contributed by atoms with van der Waals surface area (Å²) in [4.78, 5) is 30.2. The summed E-state index contributed by atoms with van der Waals surface area (Å²) in [6.45, 7) is 4.54. The number of amides is 3. The van der Waals surface area contributed by atoms with E-state index in [1.807, 2.05) is 30.3 Å². The minimum Gasteiger partial charge on any atom is -0.497 e. The number of methoxy groups -OCH3 is 1. The van der Waals surface area contributed by atoms with Crippen LogP contribution in [0.3, 0.4) is 0 Å². The predicted molar refractivity (Wildman–Crippen MR) is 137 cm³/mol. The highest BCUT2D eigenvalue weighted by Gasteiger charge is 2.55. The molecule has 0 aromatic heterocycles. The van der Waals surface area contributed by atoms with Gasteiger partial charge in [-0.25, -0.2) is 4.79 Å². The molecule has 2 fully saturated rings. The van der Waals surface area contributed by atoms with Crippen LogP contribution in [0.25, 0.3) is 0 Å². The van der Waals surface area contributed by atoms with E-state index in [0.29, 0.717) is 6.42 Å². The van der Waals surface area contributed by atoms with Crippen molar-refractivity contribution in [1.82, 2.24) is 15.1 Å². The van der Waals surface area contributed by atoms with Gasteiger partial charge in [-0.2, -0.15) is 0 Å². The number of hydrogen-bond donors (Lipinski definition) is 1. The smallest absolute Gasteiger partial charge is 0.325 e. The first-order valence-corrected chi connectivity index (χ1v) is 12.5. The van der Waals surface area contributed by atoms with E-state index < -0.39 is 5.54 Å². The third-order valence-corrected chi connectivity index (χ3v) is 7.35. The molecule has 3 amide bonds. The second-order valence-corrected chi connectivity index (χ2v) is 9.46. The molecular formula is C29H35N3O3. The molecule has 4 rings (SSSR count). The molecule has 6 heteroatoms. The minimum atomic E-state index is -0.840. The van der Waals surface area contributed by atoms with E-state index in [1.165, 1.54) is 16.0 Å². The van der Waals surface area contributed by atoms with Crippen molar-refractivity contribution in [2.75, 3.05) is 26.7 Å². The highest BCUT2D eigenvalue weighted by atomic mass is 16.5. The fraction of sp³-hybridized carbons (Fsp3) is 0.448. The lowest BCUT2D eigenvalue weighted by Gasteiger charge is -2.41. The first kappa shape index (κ1) is 24.8. The van der Waals surface area contributed by atoms with E-state index in [-0.39, 0.29) is 24.4 Å². The molecule has 1 unspecified atom stereocenters. The molecule has 0 spiro atoms. The molecule has 1 atom stereocenters. The molecule has 35 heavy (non-hydrogen) atoms. The number of hydrogen-bond acceptors (Lipinski definition) is 4. The van der Waals surface area contributed by atoms with Gasteiger partial charge in [0, 0.05) is 6.54 Å². The van der Waals surface area contributed by atoms with Crippen molar-refractivity contribution >= 4 is 11.9 Å². The number of benzene rings is 2. The Morgan fingerprint density at radius 1 is 1.03 bits per heavy atom. The third kappa shape index (κ3) is 5.68. The maximum atomic E-state index is 13.7. The van der Waals surface area contributed by atoms with Crippen LogP contribution < -0.4 is 10.1 Å². The summed E-state index contributed by atoms with van der Waals surface area (Å²) in [6, 6.07) is 18.2. The summed E-state index contributed by atoms with van der Waals surface area (Å²) in [5, 5.41) is 3.15. The lowest BCUT2D eigenvalue weighted by molar-refractivity contribution is -0.134. The summed E-state index contributed by atoms with van der Waals surface area (Å²) < 4.78 is 5.26. The first-order chi connectivity index (χ1) is 17.1. The Labute approximate surface area is 208 Å². The fourth-order valence-corrected chi connectivity index (χ4v) is 5.39. The number of carbonyl (C=O) groups excluding carboxylic acids is 2. The van der Waals surface area contributed by atoms with Gasteiger partial charge >= 0.3 is 6.03 Å². The lowest BCUT2D eigenvalue weighted by Crippen LogP contribution is -2.56. The Morgan fingerprint density at radius 3 is 2.40 bits per heavy atom. The number of carbonyl (C=O) groups is 2. The summed E-state index contributed by atoms with van der Waals surface area (Å²) in [5.41, 5.74) is 1.66. The van der Waals surface area contributed by atoms with Crippen molar-refractivity contribution in [2.24, 2.45) is 5.92 Å². The zero-order valence-corrected chi connectivity index (χ0v) is 20.8. The molecule has 1 N–H and O–H groups in total. The topological polar surface area (TPSA) is 61.9 Å². The minimum absolute atomic E-state index is 0.105. The van der Waals surface area contributed by atoms with E-state index in [1.54, 1.807) is 14.0 Å². The van der Waals surface area contributed by atoms with Crippen LogP contribution in [0, 0.1) is 17.8 Å². The molecule has 0 radical (unpaired) electrons. The number of ether oxygens (including phenoxy) is 1. The zero-order valence-electron chi connectivity index (χ0n) is 20.8.